The summed E-state index contributed by atoms with van der Waals surface area (Å²) in [6.45, 7) is 7.56. The number of aliphatic hydroxyl groups excluding tert-OH is 1. The minimum atomic E-state index is -0.162. The molecule has 0 aliphatic carbocycles. The summed E-state index contributed by atoms with van der Waals surface area (Å²) in [7, 11) is 0. The van der Waals surface area contributed by atoms with E-state index in [1.54, 1.807) is 0 Å². The highest BCUT2D eigenvalue weighted by Crippen LogP contribution is 2.11. The summed E-state index contributed by atoms with van der Waals surface area (Å²) in [5.74, 6) is 0.431. The topological polar surface area (TPSA) is 20.2 Å². The van der Waals surface area contributed by atoms with Gasteiger partial charge in [0.05, 0.1) is 6.10 Å². The Morgan fingerprint density at radius 2 is 2.10 bits per heavy atom. The molecule has 10 heavy (non-hydrogen) atoms. The predicted molar refractivity (Wildman–Crippen MR) is 44.9 cm³/mol. The van der Waals surface area contributed by atoms with Crippen LogP contribution in [0.1, 0.15) is 33.1 Å². The fraction of sp³-hybridized carbons (Fsp3) is 0.778. The Kier molecular flexibility index (Phi) is 5.32. The fourth-order valence-corrected chi connectivity index (χ4v) is 0.825. The Morgan fingerprint density at radius 3 is 2.50 bits per heavy atom. The van der Waals surface area contributed by atoms with E-state index >= 15 is 0 Å². The van der Waals surface area contributed by atoms with Crippen LogP contribution in [-0.4, -0.2) is 11.2 Å². The molecule has 1 heteroatoms. The lowest BCUT2D eigenvalue weighted by atomic mass is 9.99. The summed E-state index contributed by atoms with van der Waals surface area (Å²) < 4.78 is 0. The number of aliphatic hydroxyl groups is 1. The molecule has 1 N–H and O–H groups in total. The van der Waals surface area contributed by atoms with Gasteiger partial charge in [0.1, 0.15) is 0 Å². The number of allylic oxidation sites excluding steroid dienone is 1. The molecule has 1 nitrogen and oxygen atoms in total. The van der Waals surface area contributed by atoms with Gasteiger partial charge < -0.3 is 5.11 Å². The van der Waals surface area contributed by atoms with E-state index in [9.17, 15) is 0 Å². The third-order valence-electron chi connectivity index (χ3n) is 1.89. The monoisotopic (exact) mass is 142 g/mol. The molecule has 2 atom stereocenters. The maximum atomic E-state index is 9.09. The number of unbranched alkanes of at least 4 members (excludes halogenated alkanes) is 1. The maximum absolute atomic E-state index is 9.09. The highest BCUT2D eigenvalue weighted by atomic mass is 16.3. The molecule has 0 saturated heterocycles. The molecular weight excluding hydrogens is 124 g/mol. The molecule has 0 fully saturated rings. The van der Waals surface area contributed by atoms with Crippen molar-refractivity contribution in [2.24, 2.45) is 5.92 Å². The van der Waals surface area contributed by atoms with Gasteiger partial charge in [0, 0.05) is 0 Å². The van der Waals surface area contributed by atoms with Crippen molar-refractivity contribution in [3.8, 4) is 0 Å². The number of rotatable bonds is 5. The Hall–Kier alpha value is -0.300. The van der Waals surface area contributed by atoms with E-state index < -0.39 is 0 Å². The second-order valence-electron chi connectivity index (χ2n) is 2.94. The van der Waals surface area contributed by atoms with Gasteiger partial charge in [-0.15, -0.1) is 6.58 Å². The van der Waals surface area contributed by atoms with Gasteiger partial charge in [-0.2, -0.15) is 0 Å². The smallest absolute Gasteiger partial charge is 0.0537 e. The standard InChI is InChI=1S/C9H18O/c1-4-5-6-7-8(2)9(3)10/h4,8-10H,1,5-7H2,2-3H3. The van der Waals surface area contributed by atoms with Crippen LogP contribution in [-0.2, 0) is 0 Å². The molecule has 60 valence electrons. The van der Waals surface area contributed by atoms with E-state index in [-0.39, 0.29) is 6.10 Å². The molecule has 0 rings (SSSR count). The van der Waals surface area contributed by atoms with Crippen molar-refractivity contribution in [1.82, 2.24) is 0 Å². The first-order valence-corrected chi connectivity index (χ1v) is 3.97. The number of hydrogen-bond acceptors (Lipinski definition) is 1. The van der Waals surface area contributed by atoms with Crippen molar-refractivity contribution in [1.29, 1.82) is 0 Å². The molecular formula is C9H18O. The van der Waals surface area contributed by atoms with Crippen molar-refractivity contribution in [3.05, 3.63) is 12.7 Å². The third kappa shape index (κ3) is 4.57. The second kappa shape index (κ2) is 5.48. The van der Waals surface area contributed by atoms with Crippen molar-refractivity contribution in [3.63, 3.8) is 0 Å². The lowest BCUT2D eigenvalue weighted by molar-refractivity contribution is 0.129. The van der Waals surface area contributed by atoms with Gasteiger partial charge in [-0.25, -0.2) is 0 Å². The summed E-state index contributed by atoms with van der Waals surface area (Å²) in [6.07, 6.45) is 5.08. The van der Waals surface area contributed by atoms with Gasteiger partial charge in [0.15, 0.2) is 0 Å². The lowest BCUT2D eigenvalue weighted by Crippen LogP contribution is -2.12. The van der Waals surface area contributed by atoms with Gasteiger partial charge in [-0.05, 0) is 32.1 Å². The van der Waals surface area contributed by atoms with Crippen LogP contribution in [0, 0.1) is 5.92 Å². The van der Waals surface area contributed by atoms with Crippen molar-refractivity contribution in [2.45, 2.75) is 39.2 Å². The fourth-order valence-electron chi connectivity index (χ4n) is 0.825. The molecule has 0 spiro atoms. The Morgan fingerprint density at radius 1 is 1.50 bits per heavy atom. The van der Waals surface area contributed by atoms with Gasteiger partial charge in [-0.1, -0.05) is 13.0 Å². The summed E-state index contributed by atoms with van der Waals surface area (Å²) in [5.41, 5.74) is 0. The third-order valence-corrected chi connectivity index (χ3v) is 1.89. The molecule has 0 amide bonds. The van der Waals surface area contributed by atoms with E-state index in [0.29, 0.717) is 5.92 Å². The van der Waals surface area contributed by atoms with E-state index in [1.807, 2.05) is 13.0 Å². The lowest BCUT2D eigenvalue weighted by Gasteiger charge is -2.12. The zero-order valence-electron chi connectivity index (χ0n) is 7.01. The summed E-state index contributed by atoms with van der Waals surface area (Å²) >= 11 is 0. The highest BCUT2D eigenvalue weighted by Gasteiger charge is 2.06. The van der Waals surface area contributed by atoms with E-state index in [4.69, 9.17) is 5.11 Å². The highest BCUT2D eigenvalue weighted by molar-refractivity contribution is 4.67. The molecule has 0 radical (unpaired) electrons. The molecule has 2 unspecified atom stereocenters. The van der Waals surface area contributed by atoms with Crippen LogP contribution in [0.5, 0.6) is 0 Å². The molecule has 0 aromatic carbocycles. The van der Waals surface area contributed by atoms with Gasteiger partial charge in [-0.3, -0.25) is 0 Å². The van der Waals surface area contributed by atoms with Crippen LogP contribution in [0.3, 0.4) is 0 Å². The minimum absolute atomic E-state index is 0.162. The van der Waals surface area contributed by atoms with Crippen molar-refractivity contribution < 1.29 is 5.11 Å². The van der Waals surface area contributed by atoms with Crippen LogP contribution in [0.4, 0.5) is 0 Å². The maximum Gasteiger partial charge on any atom is 0.0537 e. The summed E-state index contributed by atoms with van der Waals surface area (Å²) in [6, 6.07) is 0. The molecule has 0 saturated carbocycles. The molecule has 0 aromatic rings. The zero-order chi connectivity index (χ0) is 7.98. The quantitative estimate of drug-likeness (QED) is 0.461. The molecule has 0 aliphatic rings. The number of hydrogen-bond donors (Lipinski definition) is 1. The molecule has 0 aromatic heterocycles. The Balaban J connectivity index is 3.21. The molecule has 0 bridgehead atoms. The summed E-state index contributed by atoms with van der Waals surface area (Å²) in [5, 5.41) is 9.09. The largest absolute Gasteiger partial charge is 0.393 e. The average molecular weight is 142 g/mol. The second-order valence-corrected chi connectivity index (χ2v) is 2.94. The first kappa shape index (κ1) is 9.70. The van der Waals surface area contributed by atoms with E-state index in [1.165, 1.54) is 0 Å². The van der Waals surface area contributed by atoms with E-state index in [0.717, 1.165) is 19.3 Å². The first-order chi connectivity index (χ1) is 4.68. The first-order valence-electron chi connectivity index (χ1n) is 3.97. The van der Waals surface area contributed by atoms with Crippen molar-refractivity contribution >= 4 is 0 Å². The normalized spacial score (nSPS) is 16.3. The van der Waals surface area contributed by atoms with Crippen molar-refractivity contribution in [2.75, 3.05) is 0 Å². The molecule has 0 heterocycles. The average Bonchev–Trinajstić information content (AvgIpc) is 1.88. The van der Waals surface area contributed by atoms with Crippen LogP contribution in [0.25, 0.3) is 0 Å². The SMILES string of the molecule is C=CCCCC(C)C(C)O. The molecule has 0 aliphatic heterocycles. The Labute approximate surface area is 63.8 Å². The van der Waals surface area contributed by atoms with Gasteiger partial charge in [0.2, 0.25) is 0 Å². The van der Waals surface area contributed by atoms with Crippen LogP contribution >= 0.6 is 0 Å². The van der Waals surface area contributed by atoms with Crippen LogP contribution in [0.2, 0.25) is 0 Å². The zero-order valence-corrected chi connectivity index (χ0v) is 7.01. The van der Waals surface area contributed by atoms with E-state index in [2.05, 4.69) is 13.5 Å². The Bertz CT molecular complexity index is 86.7. The van der Waals surface area contributed by atoms with Crippen LogP contribution < -0.4 is 0 Å². The minimum Gasteiger partial charge on any atom is -0.393 e. The van der Waals surface area contributed by atoms with Gasteiger partial charge >= 0.3 is 0 Å². The van der Waals surface area contributed by atoms with Crippen LogP contribution in [0.15, 0.2) is 12.7 Å². The predicted octanol–water partition coefficient (Wildman–Crippen LogP) is 2.36. The van der Waals surface area contributed by atoms with Gasteiger partial charge in [0.25, 0.3) is 0 Å². The summed E-state index contributed by atoms with van der Waals surface area (Å²) in [4.78, 5) is 0.